The van der Waals surface area contributed by atoms with Crippen LogP contribution in [0.5, 0.6) is 0 Å². The van der Waals surface area contributed by atoms with Crippen molar-refractivity contribution < 1.29 is 4.39 Å². The first-order chi connectivity index (χ1) is 6.24. The van der Waals surface area contributed by atoms with E-state index in [0.717, 1.165) is 12.8 Å². The molecule has 1 aromatic rings. The van der Waals surface area contributed by atoms with E-state index in [4.69, 9.17) is 5.73 Å². The average molecular weight is 181 g/mol. The molecule has 4 heteroatoms. The van der Waals surface area contributed by atoms with Crippen LogP contribution in [-0.2, 0) is 5.41 Å². The molecule has 2 aliphatic carbocycles. The minimum Gasteiger partial charge on any atom is -0.380 e. The third-order valence-electron chi connectivity index (χ3n) is 3.64. The van der Waals surface area contributed by atoms with Gasteiger partial charge in [0.15, 0.2) is 11.6 Å². The smallest absolute Gasteiger partial charge is 0.188 e. The normalized spacial score (nSPS) is 36.2. The topological polar surface area (TPSA) is 54.7 Å². The number of rotatable bonds is 1. The molecule has 0 aromatic carbocycles. The van der Waals surface area contributed by atoms with Crippen molar-refractivity contribution in [2.24, 2.45) is 5.92 Å². The molecule has 2 fully saturated rings. The average Bonchev–Trinajstić information content (AvgIpc) is 2.49. The van der Waals surface area contributed by atoms with Gasteiger partial charge in [0.1, 0.15) is 0 Å². The predicted octanol–water partition coefficient (Wildman–Crippen LogP) is 1.57. The van der Waals surface area contributed by atoms with Crippen LogP contribution in [0.4, 0.5) is 10.2 Å². The van der Waals surface area contributed by atoms with Gasteiger partial charge in [-0.15, -0.1) is 0 Å². The zero-order valence-corrected chi connectivity index (χ0v) is 7.31. The standard InChI is InChI=1S/C9H12FN3/c10-6-7(12-13-8(6)11)9-3-1-2-5(9)4-9/h5H,1-4H2,(H3,11,12,13). The number of hydrogen-bond donors (Lipinski definition) is 2. The Morgan fingerprint density at radius 2 is 2.46 bits per heavy atom. The van der Waals surface area contributed by atoms with Crippen LogP contribution in [0.3, 0.4) is 0 Å². The molecule has 3 rings (SSSR count). The number of aromatic nitrogens is 2. The fourth-order valence-corrected chi connectivity index (χ4v) is 2.83. The van der Waals surface area contributed by atoms with Gasteiger partial charge in [-0.3, -0.25) is 5.10 Å². The summed E-state index contributed by atoms with van der Waals surface area (Å²) >= 11 is 0. The van der Waals surface area contributed by atoms with Gasteiger partial charge in [0.05, 0.1) is 5.69 Å². The highest BCUT2D eigenvalue weighted by Gasteiger charge is 2.60. The quantitative estimate of drug-likeness (QED) is 0.691. The molecule has 2 saturated carbocycles. The van der Waals surface area contributed by atoms with Gasteiger partial charge in [-0.25, -0.2) is 4.39 Å². The van der Waals surface area contributed by atoms with E-state index < -0.39 is 0 Å². The van der Waals surface area contributed by atoms with Gasteiger partial charge in [0, 0.05) is 5.41 Å². The molecular weight excluding hydrogens is 169 g/mol. The molecule has 0 bridgehead atoms. The van der Waals surface area contributed by atoms with Gasteiger partial charge < -0.3 is 5.73 Å². The van der Waals surface area contributed by atoms with Crippen LogP contribution in [0.2, 0.25) is 0 Å². The van der Waals surface area contributed by atoms with E-state index in [0.29, 0.717) is 11.6 Å². The molecule has 0 radical (unpaired) electrons. The molecule has 3 N–H and O–H groups in total. The summed E-state index contributed by atoms with van der Waals surface area (Å²) in [5.74, 6) is 0.383. The number of H-pyrrole nitrogens is 1. The molecule has 2 unspecified atom stereocenters. The Bertz CT molecular complexity index is 360. The van der Waals surface area contributed by atoms with Crippen molar-refractivity contribution in [2.75, 3.05) is 5.73 Å². The van der Waals surface area contributed by atoms with Crippen molar-refractivity contribution in [3.63, 3.8) is 0 Å². The van der Waals surface area contributed by atoms with Crippen molar-refractivity contribution in [1.82, 2.24) is 10.2 Å². The lowest BCUT2D eigenvalue weighted by atomic mass is 9.99. The zero-order chi connectivity index (χ0) is 9.05. The van der Waals surface area contributed by atoms with Crippen molar-refractivity contribution in [2.45, 2.75) is 31.1 Å². The number of hydrogen-bond acceptors (Lipinski definition) is 2. The molecule has 3 nitrogen and oxygen atoms in total. The number of fused-ring (bicyclic) bond motifs is 1. The molecule has 0 saturated heterocycles. The number of nitrogen functional groups attached to an aromatic ring is 1. The fraction of sp³-hybridized carbons (Fsp3) is 0.667. The zero-order valence-electron chi connectivity index (χ0n) is 7.31. The summed E-state index contributed by atoms with van der Waals surface area (Å²) in [5, 5.41) is 6.46. The molecule has 0 aliphatic heterocycles. The van der Waals surface area contributed by atoms with Crippen molar-refractivity contribution in [3.8, 4) is 0 Å². The summed E-state index contributed by atoms with van der Waals surface area (Å²) in [6.45, 7) is 0. The predicted molar refractivity (Wildman–Crippen MR) is 46.6 cm³/mol. The van der Waals surface area contributed by atoms with E-state index in [-0.39, 0.29) is 17.1 Å². The van der Waals surface area contributed by atoms with E-state index in [1.807, 2.05) is 0 Å². The highest BCUT2D eigenvalue weighted by Crippen LogP contribution is 2.64. The summed E-state index contributed by atoms with van der Waals surface area (Å²) in [7, 11) is 0. The molecule has 0 spiro atoms. The van der Waals surface area contributed by atoms with Crippen LogP contribution < -0.4 is 5.73 Å². The first-order valence-corrected chi connectivity index (χ1v) is 4.74. The van der Waals surface area contributed by atoms with Crippen LogP contribution >= 0.6 is 0 Å². The largest absolute Gasteiger partial charge is 0.380 e. The summed E-state index contributed by atoms with van der Waals surface area (Å²) in [5.41, 5.74) is 6.12. The third kappa shape index (κ3) is 0.759. The van der Waals surface area contributed by atoms with E-state index in [9.17, 15) is 4.39 Å². The maximum atomic E-state index is 13.5. The van der Waals surface area contributed by atoms with E-state index in [1.165, 1.54) is 12.8 Å². The van der Waals surface area contributed by atoms with Crippen LogP contribution in [-0.4, -0.2) is 10.2 Å². The number of halogens is 1. The lowest BCUT2D eigenvalue weighted by molar-refractivity contribution is 0.554. The molecule has 0 amide bonds. The maximum Gasteiger partial charge on any atom is 0.188 e. The minimum atomic E-state index is -0.315. The Morgan fingerprint density at radius 1 is 1.62 bits per heavy atom. The van der Waals surface area contributed by atoms with Crippen LogP contribution in [0.1, 0.15) is 31.4 Å². The summed E-state index contributed by atoms with van der Waals surface area (Å²) < 4.78 is 13.5. The first kappa shape index (κ1) is 7.35. The minimum absolute atomic E-state index is 0.0157. The molecular formula is C9H12FN3. The number of nitrogens with two attached hydrogens (primary N) is 1. The second-order valence-corrected chi connectivity index (χ2v) is 4.25. The summed E-state index contributed by atoms with van der Waals surface area (Å²) in [4.78, 5) is 0. The van der Waals surface area contributed by atoms with Crippen molar-refractivity contribution >= 4 is 5.82 Å². The maximum absolute atomic E-state index is 13.5. The molecule has 2 aliphatic rings. The Labute approximate surface area is 75.5 Å². The third-order valence-corrected chi connectivity index (χ3v) is 3.64. The van der Waals surface area contributed by atoms with Crippen molar-refractivity contribution in [1.29, 1.82) is 0 Å². The number of nitrogens with zero attached hydrogens (tertiary/aromatic N) is 1. The first-order valence-electron chi connectivity index (χ1n) is 4.74. The van der Waals surface area contributed by atoms with Crippen LogP contribution in [0.15, 0.2) is 0 Å². The second kappa shape index (κ2) is 2.05. The van der Waals surface area contributed by atoms with Gasteiger partial charge in [-0.2, -0.15) is 5.10 Å². The number of aromatic amines is 1. The van der Waals surface area contributed by atoms with Gasteiger partial charge in [0.2, 0.25) is 0 Å². The molecule has 13 heavy (non-hydrogen) atoms. The molecule has 1 aromatic heterocycles. The monoisotopic (exact) mass is 181 g/mol. The molecule has 2 atom stereocenters. The fourth-order valence-electron chi connectivity index (χ4n) is 2.83. The highest BCUT2D eigenvalue weighted by molar-refractivity contribution is 5.40. The Balaban J connectivity index is 2.05. The molecule has 1 heterocycles. The van der Waals surface area contributed by atoms with Gasteiger partial charge >= 0.3 is 0 Å². The van der Waals surface area contributed by atoms with Crippen molar-refractivity contribution in [3.05, 3.63) is 11.5 Å². The Morgan fingerprint density at radius 3 is 2.92 bits per heavy atom. The number of nitrogens with one attached hydrogen (secondary N) is 1. The lowest BCUT2D eigenvalue weighted by Gasteiger charge is -2.07. The van der Waals surface area contributed by atoms with E-state index in [1.54, 1.807) is 0 Å². The Hall–Kier alpha value is -1.06. The molecule has 70 valence electrons. The van der Waals surface area contributed by atoms with Crippen LogP contribution in [0.25, 0.3) is 0 Å². The highest BCUT2D eigenvalue weighted by atomic mass is 19.1. The van der Waals surface area contributed by atoms with Crippen LogP contribution in [0, 0.1) is 11.7 Å². The van der Waals surface area contributed by atoms with Gasteiger partial charge in [-0.05, 0) is 25.2 Å². The Kier molecular flexibility index (Phi) is 1.16. The lowest BCUT2D eigenvalue weighted by Crippen LogP contribution is -2.08. The summed E-state index contributed by atoms with van der Waals surface area (Å²) in [6.07, 6.45) is 4.66. The van der Waals surface area contributed by atoms with E-state index >= 15 is 0 Å². The van der Waals surface area contributed by atoms with E-state index in [2.05, 4.69) is 10.2 Å². The SMILES string of the molecule is Nc1n[nH]c(C23CCCC2C3)c1F. The second-order valence-electron chi connectivity index (χ2n) is 4.25. The van der Waals surface area contributed by atoms with Gasteiger partial charge in [-0.1, -0.05) is 6.42 Å². The van der Waals surface area contributed by atoms with Gasteiger partial charge in [0.25, 0.3) is 0 Å². The number of anilines is 1. The summed E-state index contributed by atoms with van der Waals surface area (Å²) in [6, 6.07) is 0.